The molecule has 0 radical (unpaired) electrons. The summed E-state index contributed by atoms with van der Waals surface area (Å²) in [5, 5.41) is 7.23. The normalized spacial score (nSPS) is 19.2. The predicted molar refractivity (Wildman–Crippen MR) is 180 cm³/mol. The lowest BCUT2D eigenvalue weighted by atomic mass is 9.87. The number of carbonyl (C=O) groups is 3. The minimum Gasteiger partial charge on any atom is -0.360 e. The number of halogens is 2. The van der Waals surface area contributed by atoms with Crippen LogP contribution in [0.5, 0.6) is 0 Å². The first-order chi connectivity index (χ1) is 21.2. The predicted octanol–water partition coefficient (Wildman–Crippen LogP) is 5.72. The summed E-state index contributed by atoms with van der Waals surface area (Å²) in [4.78, 5) is 47.6. The molecule has 2 aliphatic rings. The molecular formula is C34H44Cl2N6O3. The van der Waals surface area contributed by atoms with Gasteiger partial charge in [-0.05, 0) is 60.9 Å². The van der Waals surface area contributed by atoms with E-state index in [-0.39, 0.29) is 36.9 Å². The summed E-state index contributed by atoms with van der Waals surface area (Å²) in [5.74, 6) is 1.21. The van der Waals surface area contributed by atoms with Gasteiger partial charge in [0.15, 0.2) is 0 Å². The highest BCUT2D eigenvalue weighted by molar-refractivity contribution is 6.36. The monoisotopic (exact) mass is 654 g/mol. The fourth-order valence-electron chi connectivity index (χ4n) is 6.05. The number of carbonyl (C=O) groups excluding carboxylic acids is 3. The molecule has 5 rings (SSSR count). The Kier molecular flexibility index (Phi) is 9.70. The first-order valence-corrected chi connectivity index (χ1v) is 16.5. The van der Waals surface area contributed by atoms with Crippen molar-refractivity contribution in [3.63, 3.8) is 0 Å². The number of hydrogen-bond acceptors (Lipinski definition) is 5. The third-order valence-electron chi connectivity index (χ3n) is 9.21. The van der Waals surface area contributed by atoms with Gasteiger partial charge >= 0.3 is 0 Å². The van der Waals surface area contributed by atoms with Crippen LogP contribution in [0, 0.1) is 11.3 Å². The van der Waals surface area contributed by atoms with Crippen LogP contribution in [0.15, 0.2) is 24.3 Å². The largest absolute Gasteiger partial charge is 0.360 e. The van der Waals surface area contributed by atoms with Crippen LogP contribution in [0.25, 0.3) is 11.0 Å². The molecule has 0 unspecified atom stereocenters. The molecule has 1 aliphatic carbocycles. The number of nitrogens with zero attached hydrogens (tertiary/aromatic N) is 4. The van der Waals surface area contributed by atoms with Crippen LogP contribution in [0.3, 0.4) is 0 Å². The highest BCUT2D eigenvalue weighted by Gasteiger charge is 2.28. The Morgan fingerprint density at radius 1 is 1.04 bits per heavy atom. The number of piperazine rings is 1. The van der Waals surface area contributed by atoms with Crippen molar-refractivity contribution in [2.45, 2.75) is 72.4 Å². The Hall–Kier alpha value is -3.30. The summed E-state index contributed by atoms with van der Waals surface area (Å²) in [6.07, 6.45) is 4.48. The molecule has 2 fully saturated rings. The number of amides is 3. The Morgan fingerprint density at radius 3 is 2.42 bits per heavy atom. The highest BCUT2D eigenvalue weighted by atomic mass is 35.5. The van der Waals surface area contributed by atoms with Crippen molar-refractivity contribution in [3.8, 4) is 0 Å². The van der Waals surface area contributed by atoms with Crippen molar-refractivity contribution in [2.24, 2.45) is 18.4 Å². The summed E-state index contributed by atoms with van der Waals surface area (Å²) in [7, 11) is 3.74. The number of likely N-dealkylation sites (N-methyl/N-ethyl adjacent to an activating group) is 1. The van der Waals surface area contributed by atoms with Gasteiger partial charge in [0.2, 0.25) is 11.8 Å². The lowest BCUT2D eigenvalue weighted by molar-refractivity contribution is -0.130. The van der Waals surface area contributed by atoms with Crippen LogP contribution >= 0.6 is 23.2 Å². The van der Waals surface area contributed by atoms with Gasteiger partial charge in [-0.1, -0.05) is 57.0 Å². The van der Waals surface area contributed by atoms with E-state index < -0.39 is 5.41 Å². The third-order valence-corrected chi connectivity index (χ3v) is 10.0. The lowest BCUT2D eigenvalue weighted by Gasteiger charge is -2.35. The van der Waals surface area contributed by atoms with E-state index >= 15 is 0 Å². The van der Waals surface area contributed by atoms with Gasteiger partial charge in [-0.15, -0.1) is 0 Å². The van der Waals surface area contributed by atoms with Crippen LogP contribution < -0.4 is 15.5 Å². The molecule has 45 heavy (non-hydrogen) atoms. The van der Waals surface area contributed by atoms with Crippen molar-refractivity contribution in [1.29, 1.82) is 0 Å². The lowest BCUT2D eigenvalue weighted by Crippen LogP contribution is -2.49. The Bertz CT molecular complexity index is 1620. The van der Waals surface area contributed by atoms with E-state index in [0.717, 1.165) is 48.3 Å². The van der Waals surface area contributed by atoms with E-state index in [2.05, 4.69) is 17.6 Å². The number of hydrogen-bond donors (Lipinski definition) is 2. The molecule has 1 saturated carbocycles. The minimum absolute atomic E-state index is 0.0162. The number of anilines is 1. The topological polar surface area (TPSA) is 99.6 Å². The zero-order chi connectivity index (χ0) is 32.6. The summed E-state index contributed by atoms with van der Waals surface area (Å²) >= 11 is 13.5. The molecule has 1 aliphatic heterocycles. The summed E-state index contributed by atoms with van der Waals surface area (Å²) in [6.45, 7) is 9.55. The van der Waals surface area contributed by atoms with Gasteiger partial charge < -0.3 is 25.0 Å². The first-order valence-electron chi connectivity index (χ1n) is 15.8. The van der Waals surface area contributed by atoms with Crippen molar-refractivity contribution in [3.05, 3.63) is 56.8 Å². The summed E-state index contributed by atoms with van der Waals surface area (Å²) in [6, 6.07) is 7.58. The second-order valence-electron chi connectivity index (χ2n) is 13.7. The maximum absolute atomic E-state index is 13.8. The van der Waals surface area contributed by atoms with Crippen molar-refractivity contribution < 1.29 is 14.4 Å². The van der Waals surface area contributed by atoms with E-state index in [9.17, 15) is 14.4 Å². The molecule has 9 nitrogen and oxygen atoms in total. The van der Waals surface area contributed by atoms with Gasteiger partial charge in [0.05, 0.1) is 33.9 Å². The van der Waals surface area contributed by atoms with Gasteiger partial charge in [-0.3, -0.25) is 14.4 Å². The highest BCUT2D eigenvalue weighted by Crippen LogP contribution is 2.34. The molecule has 3 aromatic rings. The average molecular weight is 656 g/mol. The van der Waals surface area contributed by atoms with Crippen molar-refractivity contribution >= 4 is 57.6 Å². The molecule has 2 heterocycles. The maximum Gasteiger partial charge on any atom is 0.253 e. The summed E-state index contributed by atoms with van der Waals surface area (Å²) in [5.41, 5.74) is 3.74. The van der Waals surface area contributed by atoms with Crippen molar-refractivity contribution in [1.82, 2.24) is 25.1 Å². The molecule has 0 atom stereocenters. The van der Waals surface area contributed by atoms with E-state index in [1.165, 1.54) is 0 Å². The number of imidazole rings is 1. The van der Waals surface area contributed by atoms with Crippen LogP contribution in [0.4, 0.5) is 5.69 Å². The van der Waals surface area contributed by atoms with Crippen LogP contribution in [-0.2, 0) is 29.6 Å². The standard InChI is InChI=1S/C34H44Cl2N6O3/c1-20-7-10-22(11-8-20)38-32(44)24-15-26-28(17-27(24)42-14-13-40(5)30(43)19-42)41(6)29(39-26)16-23-25(35)12-9-21(31(23)36)18-37-33(45)34(2,3)4/h9,12,15,17,20,22H,7-8,10-11,13-14,16,18-19H2,1-6H3,(H,37,45)(H,38,44). The third kappa shape index (κ3) is 7.25. The Balaban J connectivity index is 1.48. The minimum atomic E-state index is -0.518. The quantitative estimate of drug-likeness (QED) is 0.340. The number of benzene rings is 2. The van der Waals surface area contributed by atoms with E-state index in [4.69, 9.17) is 28.2 Å². The zero-order valence-corrected chi connectivity index (χ0v) is 28.6. The fraction of sp³-hybridized carbons (Fsp3) is 0.529. The Labute approximate surface area is 275 Å². The average Bonchev–Trinajstić information content (AvgIpc) is 3.29. The number of nitrogens with one attached hydrogen (secondary N) is 2. The number of rotatable bonds is 7. The van der Waals surface area contributed by atoms with Gasteiger partial charge in [-0.25, -0.2) is 4.98 Å². The molecule has 11 heteroatoms. The molecule has 0 bridgehead atoms. The van der Waals surface area contributed by atoms with E-state index in [0.29, 0.717) is 52.1 Å². The maximum atomic E-state index is 13.8. The van der Waals surface area contributed by atoms with Gasteiger partial charge in [-0.2, -0.15) is 0 Å². The zero-order valence-electron chi connectivity index (χ0n) is 27.1. The SMILES string of the molecule is CC1CCC(NC(=O)c2cc3nc(Cc4c(Cl)ccc(CNC(=O)C(C)(C)C)c4Cl)n(C)c3cc2N2CCN(C)C(=O)C2)CC1. The van der Waals surface area contributed by atoms with E-state index in [1.807, 2.05) is 55.5 Å². The van der Waals surface area contributed by atoms with Crippen LogP contribution in [0.1, 0.15) is 80.7 Å². The van der Waals surface area contributed by atoms with Gasteiger partial charge in [0, 0.05) is 56.6 Å². The number of fused-ring (bicyclic) bond motifs is 1. The second kappa shape index (κ2) is 13.2. The molecule has 1 saturated heterocycles. The van der Waals surface area contributed by atoms with Crippen LogP contribution in [-0.4, -0.2) is 64.9 Å². The van der Waals surface area contributed by atoms with Crippen molar-refractivity contribution in [2.75, 3.05) is 31.6 Å². The molecule has 3 amide bonds. The molecule has 2 N–H and O–H groups in total. The van der Waals surface area contributed by atoms with Gasteiger partial charge in [0.25, 0.3) is 5.91 Å². The molecule has 1 aromatic heterocycles. The second-order valence-corrected chi connectivity index (χ2v) is 14.5. The number of aromatic nitrogens is 2. The van der Waals surface area contributed by atoms with E-state index in [1.54, 1.807) is 18.0 Å². The Morgan fingerprint density at radius 2 is 1.76 bits per heavy atom. The smallest absolute Gasteiger partial charge is 0.253 e. The molecule has 2 aromatic carbocycles. The fourth-order valence-corrected chi connectivity index (χ4v) is 6.62. The van der Waals surface area contributed by atoms with Crippen LogP contribution in [0.2, 0.25) is 10.0 Å². The first kappa shape index (κ1) is 33.1. The summed E-state index contributed by atoms with van der Waals surface area (Å²) < 4.78 is 1.99. The number of aryl methyl sites for hydroxylation is 1. The molecular weight excluding hydrogens is 611 g/mol. The molecule has 242 valence electrons. The molecule has 0 spiro atoms. The van der Waals surface area contributed by atoms with Gasteiger partial charge in [0.1, 0.15) is 5.82 Å².